The summed E-state index contributed by atoms with van der Waals surface area (Å²) in [5.74, 6) is 1.54. The molecular formula is C16H27N3O. The van der Waals surface area contributed by atoms with E-state index in [0.29, 0.717) is 19.0 Å². The highest BCUT2D eigenvalue weighted by Gasteiger charge is 2.08. The largest absolute Gasteiger partial charge is 0.395 e. The minimum atomic E-state index is 0.117. The molecule has 0 aliphatic rings. The van der Waals surface area contributed by atoms with Crippen molar-refractivity contribution in [3.8, 4) is 0 Å². The van der Waals surface area contributed by atoms with Crippen molar-refractivity contribution in [1.29, 1.82) is 0 Å². The summed E-state index contributed by atoms with van der Waals surface area (Å²) in [6, 6.07) is 4.12. The molecule has 0 amide bonds. The maximum Gasteiger partial charge on any atom is 0.129 e. The zero-order valence-corrected chi connectivity index (χ0v) is 12.9. The molecule has 0 saturated carbocycles. The van der Waals surface area contributed by atoms with Gasteiger partial charge >= 0.3 is 0 Å². The van der Waals surface area contributed by atoms with Gasteiger partial charge in [0.2, 0.25) is 0 Å². The fourth-order valence-corrected chi connectivity index (χ4v) is 2.01. The number of hydrogen-bond donors (Lipinski definition) is 2. The van der Waals surface area contributed by atoms with Crippen molar-refractivity contribution in [3.05, 3.63) is 36.0 Å². The van der Waals surface area contributed by atoms with Crippen molar-refractivity contribution in [3.63, 3.8) is 0 Å². The number of anilines is 1. The molecule has 20 heavy (non-hydrogen) atoms. The summed E-state index contributed by atoms with van der Waals surface area (Å²) in [5, 5.41) is 12.5. The lowest BCUT2D eigenvalue weighted by Crippen LogP contribution is -2.28. The Balaban J connectivity index is 2.72. The van der Waals surface area contributed by atoms with Gasteiger partial charge in [0.15, 0.2) is 0 Å². The molecule has 4 heteroatoms. The van der Waals surface area contributed by atoms with Crippen LogP contribution in [0.2, 0.25) is 0 Å². The molecule has 1 aromatic heterocycles. The number of pyridine rings is 1. The average Bonchev–Trinajstić information content (AvgIpc) is 2.40. The topological polar surface area (TPSA) is 48.4 Å². The Kier molecular flexibility index (Phi) is 7.26. The quantitative estimate of drug-likeness (QED) is 0.679. The lowest BCUT2D eigenvalue weighted by molar-refractivity contribution is 0.302. The predicted octanol–water partition coefficient (Wildman–Crippen LogP) is 2.12. The summed E-state index contributed by atoms with van der Waals surface area (Å²) in [5.41, 5.74) is 2.25. The molecule has 0 unspecified atom stereocenters. The maximum atomic E-state index is 9.10. The molecule has 0 radical (unpaired) electrons. The smallest absolute Gasteiger partial charge is 0.129 e. The van der Waals surface area contributed by atoms with Crippen LogP contribution in [-0.2, 0) is 6.54 Å². The van der Waals surface area contributed by atoms with Crippen LogP contribution in [0, 0.1) is 12.8 Å². The summed E-state index contributed by atoms with van der Waals surface area (Å²) >= 11 is 0. The minimum absolute atomic E-state index is 0.117. The Morgan fingerprint density at radius 3 is 2.75 bits per heavy atom. The van der Waals surface area contributed by atoms with Gasteiger partial charge in [-0.2, -0.15) is 0 Å². The van der Waals surface area contributed by atoms with Gasteiger partial charge < -0.3 is 15.3 Å². The molecule has 0 bridgehead atoms. The van der Waals surface area contributed by atoms with Gasteiger partial charge in [-0.3, -0.25) is 0 Å². The summed E-state index contributed by atoms with van der Waals surface area (Å²) in [4.78, 5) is 6.65. The lowest BCUT2D eigenvalue weighted by Gasteiger charge is -2.22. The minimum Gasteiger partial charge on any atom is -0.395 e. The molecule has 1 rings (SSSR count). The molecule has 1 heterocycles. The number of rotatable bonds is 9. The zero-order chi connectivity index (χ0) is 15.0. The standard InChI is InChI=1S/C16H27N3O/c1-5-8-19(9-10-20)16-7-6-15(14(4)18-16)12-17-11-13(2)3/h5-7,13,17,20H,1,8-12H2,2-4H3. The van der Waals surface area contributed by atoms with Crippen molar-refractivity contribution in [2.45, 2.75) is 27.3 Å². The Bertz CT molecular complexity index is 418. The molecule has 0 fully saturated rings. The SMILES string of the molecule is C=CCN(CCO)c1ccc(CNCC(C)C)c(C)n1. The van der Waals surface area contributed by atoms with Gasteiger partial charge in [0.05, 0.1) is 6.61 Å². The molecule has 0 aliphatic heterocycles. The van der Waals surface area contributed by atoms with Crippen LogP contribution >= 0.6 is 0 Å². The van der Waals surface area contributed by atoms with Crippen molar-refractivity contribution < 1.29 is 5.11 Å². The van der Waals surface area contributed by atoms with Gasteiger partial charge in [0.1, 0.15) is 5.82 Å². The highest BCUT2D eigenvalue weighted by Crippen LogP contribution is 2.15. The fraction of sp³-hybridized carbons (Fsp3) is 0.562. The number of aromatic nitrogens is 1. The highest BCUT2D eigenvalue weighted by molar-refractivity contribution is 5.42. The van der Waals surface area contributed by atoms with E-state index in [2.05, 4.69) is 36.8 Å². The van der Waals surface area contributed by atoms with Gasteiger partial charge in [-0.05, 0) is 31.0 Å². The number of aryl methyl sites for hydroxylation is 1. The second-order valence-corrected chi connectivity index (χ2v) is 5.40. The molecule has 0 aliphatic carbocycles. The van der Waals surface area contributed by atoms with Crippen LogP contribution in [0.25, 0.3) is 0 Å². The monoisotopic (exact) mass is 277 g/mol. The molecule has 112 valence electrons. The lowest BCUT2D eigenvalue weighted by atomic mass is 10.1. The van der Waals surface area contributed by atoms with E-state index in [4.69, 9.17) is 5.11 Å². The first kappa shape index (κ1) is 16.7. The zero-order valence-electron chi connectivity index (χ0n) is 12.9. The van der Waals surface area contributed by atoms with Crippen molar-refractivity contribution in [1.82, 2.24) is 10.3 Å². The highest BCUT2D eigenvalue weighted by atomic mass is 16.3. The van der Waals surface area contributed by atoms with E-state index >= 15 is 0 Å². The number of nitrogens with one attached hydrogen (secondary N) is 1. The van der Waals surface area contributed by atoms with Crippen LogP contribution in [0.1, 0.15) is 25.1 Å². The van der Waals surface area contributed by atoms with Crippen LogP contribution in [0.3, 0.4) is 0 Å². The number of aliphatic hydroxyl groups is 1. The summed E-state index contributed by atoms with van der Waals surface area (Å²) in [6.45, 7) is 13.4. The van der Waals surface area contributed by atoms with Gasteiger partial charge in [0, 0.05) is 25.3 Å². The first-order chi connectivity index (χ1) is 9.58. The van der Waals surface area contributed by atoms with E-state index in [1.165, 1.54) is 5.56 Å². The Labute approximate surface area is 122 Å². The molecule has 0 saturated heterocycles. The molecule has 0 spiro atoms. The third-order valence-corrected chi connectivity index (χ3v) is 3.09. The molecule has 0 atom stereocenters. The summed E-state index contributed by atoms with van der Waals surface area (Å²) in [6.07, 6.45) is 1.82. The van der Waals surface area contributed by atoms with Crippen molar-refractivity contribution in [2.75, 3.05) is 31.1 Å². The summed E-state index contributed by atoms with van der Waals surface area (Å²) < 4.78 is 0. The van der Waals surface area contributed by atoms with E-state index in [1.807, 2.05) is 24.0 Å². The third-order valence-electron chi connectivity index (χ3n) is 3.09. The van der Waals surface area contributed by atoms with Crippen LogP contribution in [0.4, 0.5) is 5.82 Å². The van der Waals surface area contributed by atoms with Gasteiger partial charge in [0.25, 0.3) is 0 Å². The molecular weight excluding hydrogens is 250 g/mol. The Morgan fingerprint density at radius 2 is 2.20 bits per heavy atom. The Morgan fingerprint density at radius 1 is 1.45 bits per heavy atom. The van der Waals surface area contributed by atoms with E-state index in [-0.39, 0.29) is 6.61 Å². The first-order valence-electron chi connectivity index (χ1n) is 7.22. The van der Waals surface area contributed by atoms with Gasteiger partial charge in [-0.1, -0.05) is 26.0 Å². The van der Waals surface area contributed by atoms with E-state index in [0.717, 1.165) is 24.6 Å². The fourth-order valence-electron chi connectivity index (χ4n) is 2.01. The van der Waals surface area contributed by atoms with Crippen molar-refractivity contribution >= 4 is 5.82 Å². The first-order valence-corrected chi connectivity index (χ1v) is 7.22. The van der Waals surface area contributed by atoms with E-state index < -0.39 is 0 Å². The van der Waals surface area contributed by atoms with E-state index in [1.54, 1.807) is 0 Å². The number of hydrogen-bond acceptors (Lipinski definition) is 4. The van der Waals surface area contributed by atoms with Crippen LogP contribution < -0.4 is 10.2 Å². The second-order valence-electron chi connectivity index (χ2n) is 5.40. The summed E-state index contributed by atoms with van der Waals surface area (Å²) in [7, 11) is 0. The van der Waals surface area contributed by atoms with E-state index in [9.17, 15) is 0 Å². The van der Waals surface area contributed by atoms with Crippen LogP contribution in [-0.4, -0.2) is 36.3 Å². The van der Waals surface area contributed by atoms with Gasteiger partial charge in [-0.25, -0.2) is 4.98 Å². The third kappa shape index (κ3) is 5.31. The van der Waals surface area contributed by atoms with Gasteiger partial charge in [-0.15, -0.1) is 6.58 Å². The second kappa shape index (κ2) is 8.72. The van der Waals surface area contributed by atoms with Crippen LogP contribution in [0.15, 0.2) is 24.8 Å². The molecule has 2 N–H and O–H groups in total. The van der Waals surface area contributed by atoms with Crippen LogP contribution in [0.5, 0.6) is 0 Å². The molecule has 4 nitrogen and oxygen atoms in total. The average molecular weight is 277 g/mol. The number of nitrogens with zero attached hydrogens (tertiary/aromatic N) is 2. The normalized spacial score (nSPS) is 10.8. The number of aliphatic hydroxyl groups excluding tert-OH is 1. The molecule has 0 aromatic carbocycles. The predicted molar refractivity (Wildman–Crippen MR) is 85.0 cm³/mol. The maximum absolute atomic E-state index is 9.10. The Hall–Kier alpha value is -1.39. The molecule has 1 aromatic rings. The van der Waals surface area contributed by atoms with Crippen molar-refractivity contribution in [2.24, 2.45) is 5.92 Å².